The zero-order valence-electron chi connectivity index (χ0n) is 26.4. The molecule has 4 amide bonds. The van der Waals surface area contributed by atoms with Gasteiger partial charge in [-0.2, -0.15) is 0 Å². The predicted molar refractivity (Wildman–Crippen MR) is 173 cm³/mol. The van der Waals surface area contributed by atoms with Crippen LogP contribution in [-0.4, -0.2) is 98.2 Å². The molecule has 1 aromatic carbocycles. The maximum absolute atomic E-state index is 13.5. The van der Waals surface area contributed by atoms with E-state index in [1.54, 1.807) is 18.2 Å². The van der Waals surface area contributed by atoms with E-state index in [0.717, 1.165) is 83.7 Å². The third kappa shape index (κ3) is 7.76. The van der Waals surface area contributed by atoms with Crippen LogP contribution in [0.4, 0.5) is 10.5 Å². The summed E-state index contributed by atoms with van der Waals surface area (Å²) >= 11 is 6.43. The predicted octanol–water partition coefficient (Wildman–Crippen LogP) is 5.21. The number of piperazine rings is 1. The molecular weight excluding hydrogens is 578 g/mol. The summed E-state index contributed by atoms with van der Waals surface area (Å²) in [7, 11) is 1.53. The lowest BCUT2D eigenvalue weighted by molar-refractivity contribution is -0.138. The van der Waals surface area contributed by atoms with Crippen LogP contribution in [0.25, 0.3) is 0 Å². The molecule has 9 nitrogen and oxygen atoms in total. The lowest BCUT2D eigenvalue weighted by atomic mass is 9.65. The highest BCUT2D eigenvalue weighted by Crippen LogP contribution is 2.46. The summed E-state index contributed by atoms with van der Waals surface area (Å²) in [5, 5.41) is 2.95. The van der Waals surface area contributed by atoms with Crippen molar-refractivity contribution in [2.24, 2.45) is 17.3 Å². The molecule has 0 aromatic heterocycles. The maximum atomic E-state index is 13.5. The Labute approximate surface area is 267 Å². The molecule has 4 fully saturated rings. The first-order valence-electron chi connectivity index (χ1n) is 16.9. The quantitative estimate of drug-likeness (QED) is 0.400. The van der Waals surface area contributed by atoms with Gasteiger partial charge in [0, 0.05) is 77.3 Å². The lowest BCUT2D eigenvalue weighted by Gasteiger charge is -2.47. The zero-order valence-corrected chi connectivity index (χ0v) is 27.2. The molecule has 44 heavy (non-hydrogen) atoms. The van der Waals surface area contributed by atoms with Crippen molar-refractivity contribution in [3.8, 4) is 0 Å². The van der Waals surface area contributed by atoms with Gasteiger partial charge in [-0.3, -0.25) is 19.4 Å². The van der Waals surface area contributed by atoms with Gasteiger partial charge in [0.1, 0.15) is 6.29 Å². The number of urea groups is 1. The number of benzene rings is 1. The number of nitrogens with one attached hydrogen (secondary N) is 1. The lowest BCUT2D eigenvalue weighted by Crippen LogP contribution is -2.51. The minimum Gasteiger partial charge on any atom is -0.341 e. The number of aldehydes is 1. The molecule has 1 aromatic rings. The van der Waals surface area contributed by atoms with E-state index in [9.17, 15) is 19.2 Å². The largest absolute Gasteiger partial charge is 0.341 e. The Balaban J connectivity index is 1.08. The maximum Gasteiger partial charge on any atom is 0.321 e. The number of anilines is 1. The number of amides is 4. The van der Waals surface area contributed by atoms with Crippen LogP contribution in [0.1, 0.15) is 87.4 Å². The molecule has 0 unspecified atom stereocenters. The van der Waals surface area contributed by atoms with E-state index in [4.69, 9.17) is 11.6 Å². The molecule has 2 aliphatic heterocycles. The van der Waals surface area contributed by atoms with Crippen LogP contribution in [0.2, 0.25) is 5.02 Å². The first-order chi connectivity index (χ1) is 21.3. The second kappa shape index (κ2) is 15.1. The topological polar surface area (TPSA) is 93.3 Å². The van der Waals surface area contributed by atoms with E-state index in [-0.39, 0.29) is 30.8 Å². The molecule has 2 heterocycles. The fraction of sp³-hybridized carbons (Fsp3) is 0.706. The number of piperidine rings is 1. The Hall–Kier alpha value is -2.65. The van der Waals surface area contributed by atoms with E-state index in [2.05, 4.69) is 15.1 Å². The highest BCUT2D eigenvalue weighted by Gasteiger charge is 2.40. The molecule has 5 rings (SSSR count). The van der Waals surface area contributed by atoms with Crippen molar-refractivity contribution in [1.29, 1.82) is 0 Å². The van der Waals surface area contributed by atoms with Crippen molar-refractivity contribution < 1.29 is 19.2 Å². The molecule has 2 saturated heterocycles. The van der Waals surface area contributed by atoms with Crippen LogP contribution < -0.4 is 10.2 Å². The average molecular weight is 628 g/mol. The Kier molecular flexibility index (Phi) is 11.2. The second-order valence-corrected chi connectivity index (χ2v) is 13.9. The van der Waals surface area contributed by atoms with Crippen LogP contribution in [-0.2, 0) is 9.59 Å². The van der Waals surface area contributed by atoms with Gasteiger partial charge >= 0.3 is 6.03 Å². The second-order valence-electron chi connectivity index (χ2n) is 13.5. The molecule has 0 radical (unpaired) electrons. The summed E-state index contributed by atoms with van der Waals surface area (Å²) in [5.41, 5.74) is 1.27. The fourth-order valence-electron chi connectivity index (χ4n) is 7.96. The minimum atomic E-state index is -0.374. The van der Waals surface area contributed by atoms with Gasteiger partial charge in [0.15, 0.2) is 0 Å². The van der Waals surface area contributed by atoms with Crippen molar-refractivity contribution >= 4 is 41.4 Å². The minimum absolute atomic E-state index is 0.0418. The summed E-state index contributed by atoms with van der Waals surface area (Å²) in [6.45, 7) is 6.57. The summed E-state index contributed by atoms with van der Waals surface area (Å²) in [5.74, 6) is 1.36. The van der Waals surface area contributed by atoms with Crippen molar-refractivity contribution in [2.45, 2.75) is 77.0 Å². The van der Waals surface area contributed by atoms with E-state index in [0.29, 0.717) is 27.6 Å². The molecule has 1 N–H and O–H groups in total. The molecule has 1 spiro atoms. The summed E-state index contributed by atoms with van der Waals surface area (Å²) < 4.78 is 0. The zero-order chi connectivity index (χ0) is 31.1. The third-order valence-corrected chi connectivity index (χ3v) is 11.2. The van der Waals surface area contributed by atoms with E-state index in [1.807, 2.05) is 4.90 Å². The number of likely N-dealkylation sites (tertiary alicyclic amines) is 1. The van der Waals surface area contributed by atoms with Crippen LogP contribution >= 0.6 is 11.6 Å². The number of hydrogen-bond donors (Lipinski definition) is 1. The fourth-order valence-corrected chi connectivity index (χ4v) is 8.18. The Morgan fingerprint density at radius 1 is 0.932 bits per heavy atom. The van der Waals surface area contributed by atoms with Gasteiger partial charge < -0.3 is 19.9 Å². The molecule has 2 aliphatic carbocycles. The van der Waals surface area contributed by atoms with Gasteiger partial charge in [-0.05, 0) is 80.9 Å². The standard InChI is InChI=1S/C34H50ClN5O4/c1-36-33(44)40(16-5-23-41)30-24-28(8-9-29(30)35)32(43)38-17-14-34(15-18-38)12-10-26(11-13-34)25-37-19-21-39(22-20-37)31(42)27-6-3-2-4-7-27/h8-9,23-24,26-27H,2-7,10-22,25H2,1H3,(H,36,44). The van der Waals surface area contributed by atoms with E-state index < -0.39 is 0 Å². The Bertz CT molecular complexity index is 1160. The number of carbonyl (C=O) groups excluding carboxylic acids is 4. The molecule has 0 bridgehead atoms. The number of carbonyl (C=O) groups is 4. The number of nitrogens with zero attached hydrogens (tertiary/aromatic N) is 4. The van der Waals surface area contributed by atoms with E-state index in [1.165, 1.54) is 56.9 Å². The summed E-state index contributed by atoms with van der Waals surface area (Å²) in [4.78, 5) is 58.0. The normalized spacial score (nSPS) is 21.7. The molecular formula is C34H50ClN5O4. The number of halogens is 1. The number of hydrogen-bond acceptors (Lipinski definition) is 5. The molecule has 242 valence electrons. The average Bonchev–Trinajstić information content (AvgIpc) is 3.07. The van der Waals surface area contributed by atoms with Crippen LogP contribution in [0.5, 0.6) is 0 Å². The molecule has 10 heteroatoms. The smallest absolute Gasteiger partial charge is 0.321 e. The van der Waals surface area contributed by atoms with E-state index >= 15 is 0 Å². The molecule has 4 aliphatic rings. The Morgan fingerprint density at radius 3 is 2.25 bits per heavy atom. The summed E-state index contributed by atoms with van der Waals surface area (Å²) in [6, 6.07) is 4.67. The van der Waals surface area contributed by atoms with Crippen molar-refractivity contribution in [3.05, 3.63) is 28.8 Å². The highest BCUT2D eigenvalue weighted by atomic mass is 35.5. The van der Waals surface area contributed by atoms with Crippen molar-refractivity contribution in [3.63, 3.8) is 0 Å². The van der Waals surface area contributed by atoms with Gasteiger partial charge in [-0.25, -0.2) is 4.79 Å². The van der Waals surface area contributed by atoms with Crippen LogP contribution in [0.15, 0.2) is 18.2 Å². The molecule has 2 saturated carbocycles. The van der Waals surface area contributed by atoms with Gasteiger partial charge in [-0.1, -0.05) is 30.9 Å². The molecule has 0 atom stereocenters. The summed E-state index contributed by atoms with van der Waals surface area (Å²) in [6.07, 6.45) is 13.8. The highest BCUT2D eigenvalue weighted by molar-refractivity contribution is 6.34. The SMILES string of the molecule is CNC(=O)N(CCC=O)c1cc(C(=O)N2CCC3(CCC(CN4CCN(C(=O)C5CCCCC5)CC4)CC3)CC2)ccc1Cl. The first kappa shape index (κ1) is 32.7. The third-order valence-electron chi connectivity index (χ3n) is 10.8. The van der Waals surface area contributed by atoms with Gasteiger partial charge in [0.2, 0.25) is 5.91 Å². The van der Waals surface area contributed by atoms with Crippen molar-refractivity contribution in [2.75, 3.05) is 64.3 Å². The monoisotopic (exact) mass is 627 g/mol. The van der Waals surface area contributed by atoms with Gasteiger partial charge in [-0.15, -0.1) is 0 Å². The van der Waals surface area contributed by atoms with Gasteiger partial charge in [0.25, 0.3) is 5.91 Å². The first-order valence-corrected chi connectivity index (χ1v) is 17.2. The van der Waals surface area contributed by atoms with Crippen molar-refractivity contribution in [1.82, 2.24) is 20.0 Å². The van der Waals surface area contributed by atoms with Crippen LogP contribution in [0.3, 0.4) is 0 Å². The van der Waals surface area contributed by atoms with Crippen LogP contribution in [0, 0.1) is 17.3 Å². The number of rotatable bonds is 8. The van der Waals surface area contributed by atoms with Gasteiger partial charge in [0.05, 0.1) is 10.7 Å². The Morgan fingerprint density at radius 2 is 1.61 bits per heavy atom.